The molecule has 2 aromatic carbocycles. The van der Waals surface area contributed by atoms with Crippen LogP contribution in [0, 0.1) is 0 Å². The van der Waals surface area contributed by atoms with Gasteiger partial charge in [0.25, 0.3) is 0 Å². The Morgan fingerprint density at radius 1 is 1.19 bits per heavy atom. The van der Waals surface area contributed by atoms with Crippen LogP contribution in [0.4, 0.5) is 11.4 Å². The van der Waals surface area contributed by atoms with E-state index in [1.165, 1.54) is 4.31 Å². The van der Waals surface area contributed by atoms with Gasteiger partial charge < -0.3 is 10.1 Å². The van der Waals surface area contributed by atoms with Gasteiger partial charge in [-0.05, 0) is 36.8 Å². The van der Waals surface area contributed by atoms with Crippen molar-refractivity contribution in [3.05, 3.63) is 53.6 Å². The maximum absolute atomic E-state index is 12.1. The largest absolute Gasteiger partial charge is 0.493 e. The van der Waals surface area contributed by atoms with E-state index in [-0.39, 0.29) is 24.7 Å². The number of nitrogens with one attached hydrogen (secondary N) is 1. The second-order valence-corrected chi connectivity index (χ2v) is 8.29. The van der Waals surface area contributed by atoms with Crippen LogP contribution in [0.2, 0.25) is 5.02 Å². The third-order valence-corrected chi connectivity index (χ3v) is 6.15. The van der Waals surface area contributed by atoms with E-state index >= 15 is 0 Å². The maximum Gasteiger partial charge on any atom is 0.235 e. The topological polar surface area (TPSA) is 75.7 Å². The fourth-order valence-corrected chi connectivity index (χ4v) is 4.41. The molecule has 0 aromatic heterocycles. The lowest BCUT2D eigenvalue weighted by Gasteiger charge is -2.18. The predicted octanol–water partition coefficient (Wildman–Crippen LogP) is 3.29. The van der Waals surface area contributed by atoms with Crippen LogP contribution in [0.25, 0.3) is 0 Å². The number of rotatable bonds is 6. The van der Waals surface area contributed by atoms with Crippen molar-refractivity contribution in [1.82, 2.24) is 0 Å². The number of nitrogens with zero attached hydrogens (tertiary/aromatic N) is 1. The Morgan fingerprint density at radius 2 is 1.96 bits per heavy atom. The highest BCUT2D eigenvalue weighted by atomic mass is 35.5. The normalized spacial score (nSPS) is 15.7. The maximum atomic E-state index is 12.1. The van der Waals surface area contributed by atoms with E-state index < -0.39 is 10.0 Å². The number of carbonyl (C=O) groups excluding carboxylic acids is 1. The fraction of sp³-hybridized carbons (Fsp3) is 0.278. The van der Waals surface area contributed by atoms with E-state index in [0.29, 0.717) is 35.1 Å². The van der Waals surface area contributed by atoms with Crippen LogP contribution in [-0.4, -0.2) is 33.2 Å². The Balaban J connectivity index is 1.62. The summed E-state index contributed by atoms with van der Waals surface area (Å²) in [6, 6.07) is 14.0. The third kappa shape index (κ3) is 4.47. The molecule has 138 valence electrons. The summed E-state index contributed by atoms with van der Waals surface area (Å²) in [7, 11) is -3.29. The van der Waals surface area contributed by atoms with E-state index in [1.54, 1.807) is 18.2 Å². The van der Waals surface area contributed by atoms with Crippen molar-refractivity contribution in [2.24, 2.45) is 0 Å². The molecule has 0 bridgehead atoms. The molecule has 1 heterocycles. The van der Waals surface area contributed by atoms with E-state index in [1.807, 2.05) is 30.3 Å². The van der Waals surface area contributed by atoms with Crippen LogP contribution in [0.15, 0.2) is 48.5 Å². The zero-order valence-corrected chi connectivity index (χ0v) is 15.6. The molecule has 0 aliphatic carbocycles. The van der Waals surface area contributed by atoms with Crippen molar-refractivity contribution in [2.75, 3.05) is 28.5 Å². The number of hydrogen-bond acceptors (Lipinski definition) is 4. The predicted molar refractivity (Wildman–Crippen MR) is 102 cm³/mol. The van der Waals surface area contributed by atoms with E-state index in [0.717, 1.165) is 0 Å². The summed E-state index contributed by atoms with van der Waals surface area (Å²) >= 11 is 6.13. The van der Waals surface area contributed by atoms with Gasteiger partial charge in [-0.1, -0.05) is 29.8 Å². The molecule has 1 aliphatic rings. The number of para-hydroxylation sites is 1. The number of halogens is 1. The second-order valence-electron chi connectivity index (χ2n) is 5.87. The number of benzene rings is 2. The molecule has 8 heteroatoms. The van der Waals surface area contributed by atoms with Crippen molar-refractivity contribution in [3.63, 3.8) is 0 Å². The van der Waals surface area contributed by atoms with Gasteiger partial charge in [-0.2, -0.15) is 0 Å². The molecular formula is C18H19ClN2O4S. The van der Waals surface area contributed by atoms with Crippen LogP contribution in [0.1, 0.15) is 12.8 Å². The van der Waals surface area contributed by atoms with Crippen molar-refractivity contribution in [2.45, 2.75) is 12.8 Å². The first-order chi connectivity index (χ1) is 12.5. The minimum Gasteiger partial charge on any atom is -0.493 e. The average molecular weight is 395 g/mol. The van der Waals surface area contributed by atoms with Gasteiger partial charge in [0, 0.05) is 6.54 Å². The fourth-order valence-electron chi connectivity index (χ4n) is 2.68. The minimum absolute atomic E-state index is 0.133. The summed E-state index contributed by atoms with van der Waals surface area (Å²) in [5.74, 6) is 0.567. The standard InChI is InChI=1S/C18H19ClN2O4S/c19-16-8-7-14(21-10-4-12-26(21,23)24)13-17(16)20-18(22)9-11-25-15-5-2-1-3-6-15/h1-3,5-8,13H,4,9-12H2,(H,20,22). The first-order valence-corrected chi connectivity index (χ1v) is 10.2. The Bertz CT molecular complexity index is 887. The van der Waals surface area contributed by atoms with Crippen LogP contribution >= 0.6 is 11.6 Å². The molecule has 1 N–H and O–H groups in total. The summed E-state index contributed by atoms with van der Waals surface area (Å²) in [4.78, 5) is 12.1. The van der Waals surface area contributed by atoms with Gasteiger partial charge in [0.2, 0.25) is 15.9 Å². The lowest BCUT2D eigenvalue weighted by atomic mass is 10.2. The first-order valence-electron chi connectivity index (χ1n) is 8.23. The Morgan fingerprint density at radius 3 is 2.65 bits per heavy atom. The third-order valence-electron chi connectivity index (χ3n) is 3.95. The Hall–Kier alpha value is -2.25. The van der Waals surface area contributed by atoms with E-state index in [2.05, 4.69) is 5.32 Å². The van der Waals surface area contributed by atoms with Gasteiger partial charge >= 0.3 is 0 Å². The molecule has 3 rings (SSSR count). The number of ether oxygens (including phenoxy) is 1. The molecule has 0 saturated carbocycles. The monoisotopic (exact) mass is 394 g/mol. The first kappa shape index (κ1) is 18.5. The highest BCUT2D eigenvalue weighted by Gasteiger charge is 2.28. The van der Waals surface area contributed by atoms with Crippen LogP contribution < -0.4 is 14.4 Å². The number of anilines is 2. The van der Waals surface area contributed by atoms with Crippen molar-refractivity contribution < 1.29 is 17.9 Å². The molecule has 1 aliphatic heterocycles. The Labute approximate surface area is 157 Å². The highest BCUT2D eigenvalue weighted by Crippen LogP contribution is 2.31. The molecule has 26 heavy (non-hydrogen) atoms. The molecule has 0 unspecified atom stereocenters. The number of amides is 1. The van der Waals surface area contributed by atoms with Gasteiger partial charge in [-0.15, -0.1) is 0 Å². The van der Waals surface area contributed by atoms with Crippen LogP contribution in [0.5, 0.6) is 5.75 Å². The summed E-state index contributed by atoms with van der Waals surface area (Å²) < 4.78 is 30.9. The minimum atomic E-state index is -3.29. The molecule has 6 nitrogen and oxygen atoms in total. The van der Waals surface area contributed by atoms with Crippen LogP contribution in [-0.2, 0) is 14.8 Å². The Kier molecular flexibility index (Phi) is 5.68. The van der Waals surface area contributed by atoms with E-state index in [9.17, 15) is 13.2 Å². The van der Waals surface area contributed by atoms with Crippen molar-refractivity contribution in [1.29, 1.82) is 0 Å². The molecular weight excluding hydrogens is 376 g/mol. The molecule has 1 amide bonds. The quantitative estimate of drug-likeness (QED) is 0.815. The molecule has 1 fully saturated rings. The lowest BCUT2D eigenvalue weighted by Crippen LogP contribution is -2.25. The van der Waals surface area contributed by atoms with E-state index in [4.69, 9.17) is 16.3 Å². The summed E-state index contributed by atoms with van der Waals surface area (Å²) in [5.41, 5.74) is 0.888. The zero-order chi connectivity index (χ0) is 18.6. The summed E-state index contributed by atoms with van der Waals surface area (Å²) in [6.45, 7) is 0.663. The number of sulfonamides is 1. The molecule has 0 radical (unpaired) electrons. The second kappa shape index (κ2) is 7.97. The van der Waals surface area contributed by atoms with Gasteiger partial charge in [-0.25, -0.2) is 8.42 Å². The molecule has 0 atom stereocenters. The molecule has 1 saturated heterocycles. The summed E-state index contributed by atoms with van der Waals surface area (Å²) in [5, 5.41) is 3.07. The van der Waals surface area contributed by atoms with Crippen LogP contribution in [0.3, 0.4) is 0 Å². The van der Waals surface area contributed by atoms with Gasteiger partial charge in [0.15, 0.2) is 0 Å². The average Bonchev–Trinajstić information content (AvgIpc) is 2.97. The zero-order valence-electron chi connectivity index (χ0n) is 14.0. The molecule has 0 spiro atoms. The van der Waals surface area contributed by atoms with Crippen molar-refractivity contribution in [3.8, 4) is 5.75 Å². The van der Waals surface area contributed by atoms with Gasteiger partial charge in [0.1, 0.15) is 5.75 Å². The van der Waals surface area contributed by atoms with Gasteiger partial charge in [0.05, 0.1) is 35.2 Å². The lowest BCUT2D eigenvalue weighted by molar-refractivity contribution is -0.116. The summed E-state index contributed by atoms with van der Waals surface area (Å²) in [6.07, 6.45) is 0.737. The van der Waals surface area contributed by atoms with Gasteiger partial charge in [-0.3, -0.25) is 9.10 Å². The number of hydrogen-bond donors (Lipinski definition) is 1. The smallest absolute Gasteiger partial charge is 0.235 e. The highest BCUT2D eigenvalue weighted by molar-refractivity contribution is 7.93. The van der Waals surface area contributed by atoms with Crippen molar-refractivity contribution >= 4 is 38.9 Å². The SMILES string of the molecule is O=C(CCOc1ccccc1)Nc1cc(N2CCCS2(=O)=O)ccc1Cl. The number of carbonyl (C=O) groups is 1. The molecule has 2 aromatic rings.